The van der Waals surface area contributed by atoms with Gasteiger partial charge >= 0.3 is 5.97 Å². The highest BCUT2D eigenvalue weighted by atomic mass is 16.6. The molecule has 1 aliphatic carbocycles. The van der Waals surface area contributed by atoms with E-state index in [2.05, 4.69) is 12.2 Å². The van der Waals surface area contributed by atoms with E-state index in [1.54, 1.807) is 19.1 Å². The maximum atomic E-state index is 12.5. The van der Waals surface area contributed by atoms with Gasteiger partial charge in [0.25, 0.3) is 11.6 Å². The van der Waals surface area contributed by atoms with Crippen molar-refractivity contribution in [3.8, 4) is 0 Å². The highest BCUT2D eigenvalue weighted by Crippen LogP contribution is 2.27. The number of nitrogens with zero attached hydrogens (tertiary/aromatic N) is 2. The molecule has 1 aliphatic rings. The number of non-ortho nitro benzene ring substituents is 1. The molecule has 1 fully saturated rings. The Labute approximate surface area is 170 Å². The summed E-state index contributed by atoms with van der Waals surface area (Å²) in [6.45, 7) is 2.61. The molecule has 9 heteroatoms. The third kappa shape index (κ3) is 6.42. The predicted molar refractivity (Wildman–Crippen MR) is 108 cm³/mol. The molecular formula is C20H29N3O6. The molecule has 0 bridgehead atoms. The number of nitrogens with one attached hydrogen (secondary N) is 1. The Morgan fingerprint density at radius 1 is 1.28 bits per heavy atom. The Hall–Kier alpha value is -2.68. The number of rotatable bonds is 9. The molecule has 0 aromatic heterocycles. The topological polar surface area (TPSA) is 111 Å². The standard InChI is InChI=1S/C20H29N3O6/c1-14-4-6-15(7-5-14)22(2)19(24)13-29-20(25)17-12-16(23(26)27)8-9-18(17)21-10-11-28-3/h8-9,12,14-15,21H,4-7,10-11,13H2,1-3H3. The van der Waals surface area contributed by atoms with E-state index in [4.69, 9.17) is 9.47 Å². The SMILES string of the molecule is COCCNc1ccc([N+](=O)[O-])cc1C(=O)OCC(=O)N(C)C1CCC(C)CC1. The number of esters is 1. The van der Waals surface area contributed by atoms with E-state index in [0.29, 0.717) is 24.8 Å². The van der Waals surface area contributed by atoms with Crippen LogP contribution < -0.4 is 5.32 Å². The van der Waals surface area contributed by atoms with Crippen molar-refractivity contribution < 1.29 is 24.0 Å². The third-order valence-electron chi connectivity index (χ3n) is 5.31. The van der Waals surface area contributed by atoms with E-state index in [-0.39, 0.29) is 23.2 Å². The first-order valence-electron chi connectivity index (χ1n) is 9.77. The number of methoxy groups -OCH3 is 1. The number of anilines is 1. The summed E-state index contributed by atoms with van der Waals surface area (Å²) in [5.41, 5.74) is 0.172. The highest BCUT2D eigenvalue weighted by molar-refractivity contribution is 5.97. The summed E-state index contributed by atoms with van der Waals surface area (Å²) in [5, 5.41) is 14.0. The fraction of sp³-hybridized carbons (Fsp3) is 0.600. The van der Waals surface area contributed by atoms with Crippen molar-refractivity contribution in [1.29, 1.82) is 0 Å². The van der Waals surface area contributed by atoms with Gasteiger partial charge in [-0.15, -0.1) is 0 Å². The lowest BCUT2D eigenvalue weighted by molar-refractivity contribution is -0.384. The predicted octanol–water partition coefficient (Wildman–Crippen LogP) is 2.85. The molecule has 1 amide bonds. The lowest BCUT2D eigenvalue weighted by atomic mass is 9.87. The Kier molecular flexibility index (Phi) is 8.38. The van der Waals surface area contributed by atoms with Gasteiger partial charge < -0.3 is 19.7 Å². The molecule has 160 valence electrons. The first kappa shape index (κ1) is 22.6. The number of hydrogen-bond acceptors (Lipinski definition) is 7. The van der Waals surface area contributed by atoms with E-state index in [9.17, 15) is 19.7 Å². The van der Waals surface area contributed by atoms with Crippen LogP contribution in [0.25, 0.3) is 0 Å². The number of benzene rings is 1. The molecular weight excluding hydrogens is 378 g/mol. The summed E-state index contributed by atoms with van der Waals surface area (Å²) >= 11 is 0. The van der Waals surface area contributed by atoms with Crippen LogP contribution >= 0.6 is 0 Å². The molecule has 29 heavy (non-hydrogen) atoms. The Morgan fingerprint density at radius 2 is 1.97 bits per heavy atom. The van der Waals surface area contributed by atoms with Crippen LogP contribution in [0.5, 0.6) is 0 Å². The molecule has 1 N–H and O–H groups in total. The smallest absolute Gasteiger partial charge is 0.341 e. The first-order chi connectivity index (χ1) is 13.8. The fourth-order valence-electron chi connectivity index (χ4n) is 3.40. The monoisotopic (exact) mass is 407 g/mol. The minimum Gasteiger partial charge on any atom is -0.452 e. The number of hydrogen-bond donors (Lipinski definition) is 1. The van der Waals surface area contributed by atoms with Crippen LogP contribution in [0.15, 0.2) is 18.2 Å². The second-order valence-corrected chi connectivity index (χ2v) is 7.40. The molecule has 1 saturated carbocycles. The molecule has 0 aliphatic heterocycles. The molecule has 0 heterocycles. The normalized spacial score (nSPS) is 18.7. The van der Waals surface area contributed by atoms with E-state index in [1.807, 2.05) is 0 Å². The van der Waals surface area contributed by atoms with Crippen LogP contribution in [0, 0.1) is 16.0 Å². The van der Waals surface area contributed by atoms with E-state index in [1.165, 1.54) is 12.1 Å². The molecule has 0 spiro atoms. The summed E-state index contributed by atoms with van der Waals surface area (Å²) in [5.74, 6) is -0.393. The quantitative estimate of drug-likeness (QED) is 0.290. The summed E-state index contributed by atoms with van der Waals surface area (Å²) in [6.07, 6.45) is 4.03. The third-order valence-corrected chi connectivity index (χ3v) is 5.31. The van der Waals surface area contributed by atoms with Crippen molar-refractivity contribution in [1.82, 2.24) is 4.90 Å². The molecule has 0 radical (unpaired) electrons. The van der Waals surface area contributed by atoms with Gasteiger partial charge in [0, 0.05) is 44.6 Å². The van der Waals surface area contributed by atoms with Crippen LogP contribution in [0.1, 0.15) is 43.0 Å². The number of likely N-dealkylation sites (N-methyl/N-ethyl adjacent to an activating group) is 1. The second kappa shape index (κ2) is 10.8. The summed E-state index contributed by atoms with van der Waals surface area (Å²) < 4.78 is 10.1. The maximum absolute atomic E-state index is 12.5. The van der Waals surface area contributed by atoms with Gasteiger partial charge in [0.15, 0.2) is 6.61 Å². The zero-order valence-electron chi connectivity index (χ0n) is 17.2. The minimum atomic E-state index is -0.785. The van der Waals surface area contributed by atoms with Crippen LogP contribution in [-0.4, -0.2) is 61.7 Å². The summed E-state index contributed by atoms with van der Waals surface area (Å²) in [7, 11) is 3.27. The van der Waals surface area contributed by atoms with Crippen molar-refractivity contribution in [2.24, 2.45) is 5.92 Å². The number of nitro benzene ring substituents is 1. The fourth-order valence-corrected chi connectivity index (χ4v) is 3.40. The van der Waals surface area contributed by atoms with Crippen molar-refractivity contribution in [3.63, 3.8) is 0 Å². The molecule has 0 saturated heterocycles. The zero-order valence-corrected chi connectivity index (χ0v) is 17.2. The second-order valence-electron chi connectivity index (χ2n) is 7.40. The average Bonchev–Trinajstić information content (AvgIpc) is 2.72. The van der Waals surface area contributed by atoms with Crippen LogP contribution in [0.2, 0.25) is 0 Å². The van der Waals surface area contributed by atoms with Gasteiger partial charge in [-0.25, -0.2) is 4.79 Å². The van der Waals surface area contributed by atoms with E-state index >= 15 is 0 Å². The number of ether oxygens (including phenoxy) is 2. The van der Waals surface area contributed by atoms with Gasteiger partial charge in [0.05, 0.1) is 17.1 Å². The van der Waals surface area contributed by atoms with Crippen molar-refractivity contribution >= 4 is 23.3 Å². The van der Waals surface area contributed by atoms with E-state index in [0.717, 1.165) is 31.7 Å². The minimum absolute atomic E-state index is 0.0113. The molecule has 2 rings (SSSR count). The van der Waals surface area contributed by atoms with Gasteiger partial charge in [-0.05, 0) is 37.7 Å². The van der Waals surface area contributed by atoms with Crippen molar-refractivity contribution in [2.45, 2.75) is 38.6 Å². The number of nitro groups is 1. The van der Waals surface area contributed by atoms with Crippen molar-refractivity contribution in [3.05, 3.63) is 33.9 Å². The summed E-state index contributed by atoms with van der Waals surface area (Å²) in [4.78, 5) is 37.1. The maximum Gasteiger partial charge on any atom is 0.341 e. The summed E-state index contributed by atoms with van der Waals surface area (Å²) in [6, 6.07) is 4.05. The van der Waals surface area contributed by atoms with Gasteiger partial charge in [-0.3, -0.25) is 14.9 Å². The van der Waals surface area contributed by atoms with Gasteiger partial charge in [-0.2, -0.15) is 0 Å². The first-order valence-corrected chi connectivity index (χ1v) is 9.77. The van der Waals surface area contributed by atoms with Gasteiger partial charge in [0.2, 0.25) is 0 Å². The highest BCUT2D eigenvalue weighted by Gasteiger charge is 2.26. The lowest BCUT2D eigenvalue weighted by Crippen LogP contribution is -2.41. The Balaban J connectivity index is 2.01. The average molecular weight is 407 g/mol. The Bertz CT molecular complexity index is 731. The van der Waals surface area contributed by atoms with Gasteiger partial charge in [0.1, 0.15) is 0 Å². The Morgan fingerprint density at radius 3 is 2.59 bits per heavy atom. The zero-order chi connectivity index (χ0) is 21.4. The number of carbonyl (C=O) groups is 2. The van der Waals surface area contributed by atoms with Crippen LogP contribution in [0.3, 0.4) is 0 Å². The molecule has 0 atom stereocenters. The van der Waals surface area contributed by atoms with E-state index < -0.39 is 17.5 Å². The largest absolute Gasteiger partial charge is 0.452 e. The molecule has 9 nitrogen and oxygen atoms in total. The van der Waals surface area contributed by atoms with Crippen molar-refractivity contribution in [2.75, 3.05) is 39.2 Å². The van der Waals surface area contributed by atoms with Gasteiger partial charge in [-0.1, -0.05) is 6.92 Å². The number of amides is 1. The van der Waals surface area contributed by atoms with Crippen LogP contribution in [0.4, 0.5) is 11.4 Å². The van der Waals surface area contributed by atoms with Crippen LogP contribution in [-0.2, 0) is 14.3 Å². The number of carbonyl (C=O) groups excluding carboxylic acids is 2. The molecule has 1 aromatic carbocycles. The lowest BCUT2D eigenvalue weighted by Gasteiger charge is -2.33. The molecule has 0 unspecified atom stereocenters. The molecule has 1 aromatic rings.